The Balaban J connectivity index is 1.69. The van der Waals surface area contributed by atoms with Gasteiger partial charge in [0.05, 0.1) is 24.7 Å². The zero-order valence-corrected chi connectivity index (χ0v) is 15.0. The van der Waals surface area contributed by atoms with Crippen LogP contribution in [0.3, 0.4) is 0 Å². The van der Waals surface area contributed by atoms with E-state index in [0.29, 0.717) is 18.7 Å². The first kappa shape index (κ1) is 17.6. The van der Waals surface area contributed by atoms with Gasteiger partial charge in [0.15, 0.2) is 5.96 Å². The van der Waals surface area contributed by atoms with Crippen LogP contribution in [0.15, 0.2) is 57.9 Å². The number of aliphatic imine (C=N–C) groups is 1. The minimum absolute atomic E-state index is 0.542. The van der Waals surface area contributed by atoms with Crippen molar-refractivity contribution in [2.45, 2.75) is 26.9 Å². The Kier molecular flexibility index (Phi) is 5.55. The molecule has 0 saturated carbocycles. The molecule has 0 amide bonds. The molecule has 26 heavy (non-hydrogen) atoms. The fraction of sp³-hybridized carbons (Fsp3) is 0.238. The van der Waals surface area contributed by atoms with E-state index in [1.807, 2.05) is 49.4 Å². The standard InChI is InChI=1S/C21H22N4O/c1-3-23-21(24-13-17-10-8-16(12-22)9-11-17)25-14-20-15(2)18-6-4-5-7-19(18)26-20/h4-11H,3,13-14H2,1-2H3,(H2,23,24,25). The molecule has 2 aromatic carbocycles. The molecule has 5 heteroatoms. The van der Waals surface area contributed by atoms with Crippen molar-refractivity contribution in [1.29, 1.82) is 5.26 Å². The second-order valence-corrected chi connectivity index (χ2v) is 6.00. The molecule has 0 atom stereocenters. The van der Waals surface area contributed by atoms with Crippen molar-refractivity contribution in [3.05, 3.63) is 71.0 Å². The lowest BCUT2D eigenvalue weighted by Crippen LogP contribution is -2.36. The van der Waals surface area contributed by atoms with Crippen LogP contribution in [0.5, 0.6) is 0 Å². The lowest BCUT2D eigenvalue weighted by atomic mass is 10.1. The van der Waals surface area contributed by atoms with Gasteiger partial charge in [-0.3, -0.25) is 0 Å². The molecule has 0 bridgehead atoms. The molecule has 3 rings (SSSR count). The third kappa shape index (κ3) is 4.04. The lowest BCUT2D eigenvalue weighted by Gasteiger charge is -2.10. The number of nitrogens with zero attached hydrogens (tertiary/aromatic N) is 2. The Morgan fingerprint density at radius 2 is 1.88 bits per heavy atom. The van der Waals surface area contributed by atoms with Crippen molar-refractivity contribution in [2.75, 3.05) is 6.54 Å². The molecule has 0 saturated heterocycles. The van der Waals surface area contributed by atoms with Crippen molar-refractivity contribution >= 4 is 16.9 Å². The van der Waals surface area contributed by atoms with Crippen LogP contribution in [0.25, 0.3) is 11.0 Å². The van der Waals surface area contributed by atoms with E-state index in [9.17, 15) is 0 Å². The molecule has 0 radical (unpaired) electrons. The average Bonchev–Trinajstić information content (AvgIpc) is 3.00. The molecule has 1 aromatic heterocycles. The summed E-state index contributed by atoms with van der Waals surface area (Å²) < 4.78 is 5.94. The molecule has 3 aromatic rings. The van der Waals surface area contributed by atoms with E-state index in [1.165, 1.54) is 0 Å². The maximum absolute atomic E-state index is 8.86. The first-order valence-corrected chi connectivity index (χ1v) is 8.69. The molecule has 0 aliphatic heterocycles. The van der Waals surface area contributed by atoms with Gasteiger partial charge in [-0.25, -0.2) is 4.99 Å². The number of hydrogen-bond donors (Lipinski definition) is 2. The van der Waals surface area contributed by atoms with Crippen molar-refractivity contribution in [3.63, 3.8) is 0 Å². The number of nitrogens with one attached hydrogen (secondary N) is 2. The highest BCUT2D eigenvalue weighted by Crippen LogP contribution is 2.24. The maximum atomic E-state index is 8.86. The molecule has 5 nitrogen and oxygen atoms in total. The minimum atomic E-state index is 0.542. The van der Waals surface area contributed by atoms with E-state index in [-0.39, 0.29) is 0 Å². The van der Waals surface area contributed by atoms with Gasteiger partial charge in [-0.1, -0.05) is 30.3 Å². The zero-order chi connectivity index (χ0) is 18.4. The Morgan fingerprint density at radius 3 is 2.58 bits per heavy atom. The Morgan fingerprint density at radius 1 is 1.12 bits per heavy atom. The normalized spacial score (nSPS) is 11.3. The van der Waals surface area contributed by atoms with E-state index >= 15 is 0 Å². The largest absolute Gasteiger partial charge is 0.459 e. The fourth-order valence-electron chi connectivity index (χ4n) is 2.75. The van der Waals surface area contributed by atoms with Gasteiger partial charge in [-0.2, -0.15) is 5.26 Å². The molecular weight excluding hydrogens is 324 g/mol. The Hall–Kier alpha value is -3.26. The molecule has 1 heterocycles. The van der Waals surface area contributed by atoms with Crippen LogP contribution >= 0.6 is 0 Å². The number of furan rings is 1. The Labute approximate surface area is 153 Å². The predicted molar refractivity (Wildman–Crippen MR) is 104 cm³/mol. The van der Waals surface area contributed by atoms with Crippen LogP contribution in [-0.2, 0) is 13.1 Å². The van der Waals surface area contributed by atoms with Gasteiger partial charge in [0, 0.05) is 17.5 Å². The molecule has 0 fully saturated rings. The van der Waals surface area contributed by atoms with Crippen molar-refractivity contribution in [3.8, 4) is 6.07 Å². The van der Waals surface area contributed by atoms with Crippen LogP contribution in [0.4, 0.5) is 0 Å². The van der Waals surface area contributed by atoms with E-state index in [4.69, 9.17) is 9.68 Å². The Bertz CT molecular complexity index is 948. The molecular formula is C21H22N4O. The van der Waals surface area contributed by atoms with E-state index in [0.717, 1.165) is 40.4 Å². The summed E-state index contributed by atoms with van der Waals surface area (Å²) in [6.07, 6.45) is 0. The number of rotatable bonds is 5. The second kappa shape index (κ2) is 8.21. The van der Waals surface area contributed by atoms with Crippen LogP contribution in [0, 0.1) is 18.3 Å². The number of hydrogen-bond acceptors (Lipinski definition) is 3. The third-order valence-corrected chi connectivity index (χ3v) is 4.21. The number of nitriles is 1. The first-order chi connectivity index (χ1) is 12.7. The second-order valence-electron chi connectivity index (χ2n) is 6.00. The summed E-state index contributed by atoms with van der Waals surface area (Å²) in [4.78, 5) is 4.61. The topological polar surface area (TPSA) is 73.3 Å². The SMILES string of the molecule is CCNC(=NCc1ccc(C#N)cc1)NCc1oc2ccccc2c1C. The highest BCUT2D eigenvalue weighted by Gasteiger charge is 2.10. The summed E-state index contributed by atoms with van der Waals surface area (Å²) in [6.45, 7) is 5.99. The first-order valence-electron chi connectivity index (χ1n) is 8.69. The maximum Gasteiger partial charge on any atom is 0.191 e. The van der Waals surface area contributed by atoms with E-state index < -0.39 is 0 Å². The van der Waals surface area contributed by atoms with Crippen LogP contribution < -0.4 is 10.6 Å². The van der Waals surface area contributed by atoms with Gasteiger partial charge in [-0.15, -0.1) is 0 Å². The van der Waals surface area contributed by atoms with Crippen molar-refractivity contribution in [1.82, 2.24) is 10.6 Å². The van der Waals surface area contributed by atoms with Crippen molar-refractivity contribution < 1.29 is 4.42 Å². The summed E-state index contributed by atoms with van der Waals surface area (Å²) >= 11 is 0. The number of benzene rings is 2. The van der Waals surface area contributed by atoms with Crippen LogP contribution in [0.2, 0.25) is 0 Å². The lowest BCUT2D eigenvalue weighted by molar-refractivity contribution is 0.534. The highest BCUT2D eigenvalue weighted by molar-refractivity contribution is 5.83. The third-order valence-electron chi connectivity index (χ3n) is 4.21. The summed E-state index contributed by atoms with van der Waals surface area (Å²) in [5, 5.41) is 16.6. The number of guanidine groups is 1. The minimum Gasteiger partial charge on any atom is -0.459 e. The molecule has 132 valence electrons. The monoisotopic (exact) mass is 346 g/mol. The van der Waals surface area contributed by atoms with Gasteiger partial charge in [-0.05, 0) is 37.6 Å². The van der Waals surface area contributed by atoms with Gasteiger partial charge in [0.1, 0.15) is 11.3 Å². The molecule has 2 N–H and O–H groups in total. The molecule has 0 unspecified atom stereocenters. The van der Waals surface area contributed by atoms with Gasteiger partial charge in [0.2, 0.25) is 0 Å². The molecule has 0 aliphatic carbocycles. The average molecular weight is 346 g/mol. The predicted octanol–water partition coefficient (Wildman–Crippen LogP) is 3.87. The van der Waals surface area contributed by atoms with Gasteiger partial charge >= 0.3 is 0 Å². The summed E-state index contributed by atoms with van der Waals surface area (Å²) in [5.74, 6) is 1.65. The molecule has 0 spiro atoms. The number of para-hydroxylation sites is 1. The highest BCUT2D eigenvalue weighted by atomic mass is 16.3. The number of aryl methyl sites for hydroxylation is 1. The molecule has 0 aliphatic rings. The zero-order valence-electron chi connectivity index (χ0n) is 15.0. The fourth-order valence-corrected chi connectivity index (χ4v) is 2.75. The summed E-state index contributed by atoms with van der Waals surface area (Å²) in [6, 6.07) is 17.6. The van der Waals surface area contributed by atoms with Crippen LogP contribution in [0.1, 0.15) is 29.4 Å². The summed E-state index contributed by atoms with van der Waals surface area (Å²) in [5.41, 5.74) is 3.77. The van der Waals surface area contributed by atoms with Gasteiger partial charge < -0.3 is 15.1 Å². The quantitative estimate of drug-likeness (QED) is 0.543. The summed E-state index contributed by atoms with van der Waals surface area (Å²) in [7, 11) is 0. The van der Waals surface area contributed by atoms with Crippen molar-refractivity contribution in [2.24, 2.45) is 4.99 Å². The van der Waals surface area contributed by atoms with Crippen LogP contribution in [-0.4, -0.2) is 12.5 Å². The van der Waals surface area contributed by atoms with E-state index in [1.54, 1.807) is 0 Å². The van der Waals surface area contributed by atoms with E-state index in [2.05, 4.69) is 34.7 Å². The van der Waals surface area contributed by atoms with Gasteiger partial charge in [0.25, 0.3) is 0 Å². The smallest absolute Gasteiger partial charge is 0.191 e. The number of fused-ring (bicyclic) bond motifs is 1.